The fraction of sp³-hybridized carbons (Fsp3) is 0.250. The molecule has 1 atom stereocenters. The minimum atomic E-state index is -1.12. The second-order valence-electron chi connectivity index (χ2n) is 3.66. The molecule has 0 aliphatic rings. The molecule has 0 aromatic carbocycles. The maximum Gasteiger partial charge on any atom is 0.327 e. The number of nitrogens with two attached hydrogens (primary N) is 1. The van der Waals surface area contributed by atoms with E-state index in [1.54, 1.807) is 13.0 Å². The lowest BCUT2D eigenvalue weighted by Gasteiger charge is -2.15. The smallest absolute Gasteiger partial charge is 0.327 e. The summed E-state index contributed by atoms with van der Waals surface area (Å²) in [5, 5.41) is 11.6. The number of hydrogen-bond donors (Lipinski definition) is 3. The molecule has 1 heterocycles. The van der Waals surface area contributed by atoms with Crippen molar-refractivity contribution in [3.8, 4) is 12.3 Å². The molecule has 1 aromatic rings. The molecule has 4 N–H and O–H groups in total. The first-order valence-corrected chi connectivity index (χ1v) is 5.15. The Balaban J connectivity index is 3.10. The average molecular weight is 247 g/mol. The highest BCUT2D eigenvalue weighted by Gasteiger charge is 2.20. The number of nitrogens with one attached hydrogen (secondary N) is 1. The second-order valence-corrected chi connectivity index (χ2v) is 3.66. The van der Waals surface area contributed by atoms with Gasteiger partial charge in [-0.3, -0.25) is 4.79 Å². The van der Waals surface area contributed by atoms with Gasteiger partial charge in [0.25, 0.3) is 5.91 Å². The zero-order chi connectivity index (χ0) is 13.7. The maximum absolute atomic E-state index is 11.3. The van der Waals surface area contributed by atoms with Crippen LogP contribution in [0.4, 0.5) is 5.82 Å². The van der Waals surface area contributed by atoms with E-state index >= 15 is 0 Å². The van der Waals surface area contributed by atoms with Crippen LogP contribution >= 0.6 is 0 Å². The van der Waals surface area contributed by atoms with Crippen molar-refractivity contribution in [2.75, 3.05) is 5.32 Å². The number of nitrogens with zero attached hydrogens (tertiary/aromatic N) is 1. The zero-order valence-electron chi connectivity index (χ0n) is 9.80. The highest BCUT2D eigenvalue weighted by atomic mass is 16.4. The van der Waals surface area contributed by atoms with Gasteiger partial charge < -0.3 is 16.2 Å². The third-order valence-corrected chi connectivity index (χ3v) is 2.34. The SMILES string of the molecule is C#CCC(Nc1nccc(C)c1C(N)=O)C(=O)O. The Bertz CT molecular complexity index is 520. The molecular formula is C12H13N3O3. The molecule has 0 saturated heterocycles. The van der Waals surface area contributed by atoms with Crippen LogP contribution in [0.25, 0.3) is 0 Å². The standard InChI is InChI=1S/C12H13N3O3/c1-3-4-8(12(17)18)15-11-9(10(13)16)7(2)5-6-14-11/h1,5-6,8H,4H2,2H3,(H2,13,16)(H,14,15)(H,17,18). The van der Waals surface area contributed by atoms with Crippen molar-refractivity contribution in [1.29, 1.82) is 0 Å². The van der Waals surface area contributed by atoms with Crippen LogP contribution in [0.1, 0.15) is 22.3 Å². The molecule has 0 spiro atoms. The molecule has 0 aliphatic carbocycles. The first kappa shape index (κ1) is 13.5. The lowest BCUT2D eigenvalue weighted by atomic mass is 10.1. The molecule has 0 aliphatic heterocycles. The number of amides is 1. The van der Waals surface area contributed by atoms with E-state index in [0.29, 0.717) is 5.56 Å². The summed E-state index contributed by atoms with van der Waals surface area (Å²) >= 11 is 0. The Morgan fingerprint density at radius 1 is 1.67 bits per heavy atom. The molecule has 1 aromatic heterocycles. The summed E-state index contributed by atoms with van der Waals surface area (Å²) in [6.45, 7) is 1.68. The van der Waals surface area contributed by atoms with Crippen molar-refractivity contribution in [3.63, 3.8) is 0 Å². The second kappa shape index (κ2) is 5.68. The van der Waals surface area contributed by atoms with Crippen LogP contribution in [0, 0.1) is 19.3 Å². The Hall–Kier alpha value is -2.55. The summed E-state index contributed by atoms with van der Waals surface area (Å²) in [5.41, 5.74) is 6.02. The minimum Gasteiger partial charge on any atom is -0.480 e. The van der Waals surface area contributed by atoms with Crippen molar-refractivity contribution in [3.05, 3.63) is 23.4 Å². The number of aromatic nitrogens is 1. The van der Waals surface area contributed by atoms with Crippen LogP contribution in [-0.4, -0.2) is 28.0 Å². The first-order chi connectivity index (χ1) is 8.47. The number of carbonyl (C=O) groups is 2. The van der Waals surface area contributed by atoms with Crippen molar-refractivity contribution in [2.45, 2.75) is 19.4 Å². The van der Waals surface area contributed by atoms with E-state index < -0.39 is 17.9 Å². The number of aliphatic carboxylic acids is 1. The van der Waals surface area contributed by atoms with Crippen LogP contribution in [0.15, 0.2) is 12.3 Å². The Morgan fingerprint density at radius 3 is 2.83 bits per heavy atom. The van der Waals surface area contributed by atoms with Gasteiger partial charge in [0.1, 0.15) is 11.9 Å². The fourth-order valence-corrected chi connectivity index (χ4v) is 1.46. The van der Waals surface area contributed by atoms with Crippen molar-refractivity contribution in [2.24, 2.45) is 5.73 Å². The minimum absolute atomic E-state index is 0.0246. The van der Waals surface area contributed by atoms with E-state index in [4.69, 9.17) is 17.3 Å². The van der Waals surface area contributed by atoms with E-state index in [9.17, 15) is 9.59 Å². The number of primary amides is 1. The Labute approximate surface area is 104 Å². The quantitative estimate of drug-likeness (QED) is 0.652. The largest absolute Gasteiger partial charge is 0.480 e. The summed E-state index contributed by atoms with van der Waals surface area (Å²) in [6.07, 6.45) is 6.52. The molecule has 0 bridgehead atoms. The normalized spacial score (nSPS) is 11.3. The summed E-state index contributed by atoms with van der Waals surface area (Å²) in [7, 11) is 0. The summed E-state index contributed by atoms with van der Waals surface area (Å²) < 4.78 is 0. The zero-order valence-corrected chi connectivity index (χ0v) is 9.80. The molecule has 0 saturated carbocycles. The van der Waals surface area contributed by atoms with E-state index in [1.165, 1.54) is 6.20 Å². The molecule has 0 radical (unpaired) electrons. The third kappa shape index (κ3) is 2.98. The van der Waals surface area contributed by atoms with Crippen LogP contribution in [0.2, 0.25) is 0 Å². The molecular weight excluding hydrogens is 234 g/mol. The van der Waals surface area contributed by atoms with Gasteiger partial charge >= 0.3 is 5.97 Å². The molecule has 18 heavy (non-hydrogen) atoms. The number of anilines is 1. The summed E-state index contributed by atoms with van der Waals surface area (Å²) in [6, 6.07) is 0.602. The van der Waals surface area contributed by atoms with Crippen molar-refractivity contribution < 1.29 is 14.7 Å². The third-order valence-electron chi connectivity index (χ3n) is 2.34. The number of rotatable bonds is 5. The number of carbonyl (C=O) groups excluding carboxylic acids is 1. The Morgan fingerprint density at radius 2 is 2.33 bits per heavy atom. The number of aryl methyl sites for hydroxylation is 1. The molecule has 6 nitrogen and oxygen atoms in total. The molecule has 94 valence electrons. The van der Waals surface area contributed by atoms with Crippen molar-refractivity contribution in [1.82, 2.24) is 4.98 Å². The number of carboxylic acids is 1. The van der Waals surface area contributed by atoms with E-state index in [2.05, 4.69) is 16.2 Å². The van der Waals surface area contributed by atoms with Gasteiger partial charge in [-0.25, -0.2) is 9.78 Å². The lowest BCUT2D eigenvalue weighted by Crippen LogP contribution is -2.30. The fourth-order valence-electron chi connectivity index (χ4n) is 1.46. The van der Waals surface area contributed by atoms with E-state index in [0.717, 1.165) is 0 Å². The molecule has 0 fully saturated rings. The highest BCUT2D eigenvalue weighted by molar-refractivity contribution is 5.99. The summed E-state index contributed by atoms with van der Waals surface area (Å²) in [5.74, 6) is 0.583. The number of carboxylic acid groups (broad SMARTS) is 1. The lowest BCUT2D eigenvalue weighted by molar-refractivity contribution is -0.137. The maximum atomic E-state index is 11.3. The van der Waals surface area contributed by atoms with Gasteiger partial charge in [-0.15, -0.1) is 12.3 Å². The van der Waals surface area contributed by atoms with E-state index in [1.807, 2.05) is 0 Å². The van der Waals surface area contributed by atoms with Gasteiger partial charge in [-0.2, -0.15) is 0 Å². The van der Waals surface area contributed by atoms with Crippen LogP contribution < -0.4 is 11.1 Å². The Kier molecular flexibility index (Phi) is 4.27. The van der Waals surface area contributed by atoms with Gasteiger partial charge in [0.05, 0.1) is 5.56 Å². The number of terminal acetylenes is 1. The average Bonchev–Trinajstić information content (AvgIpc) is 2.27. The van der Waals surface area contributed by atoms with Gasteiger partial charge in [0.15, 0.2) is 0 Å². The first-order valence-electron chi connectivity index (χ1n) is 5.15. The predicted octanol–water partition coefficient (Wildman–Crippen LogP) is 0.377. The van der Waals surface area contributed by atoms with Crippen LogP contribution in [0.5, 0.6) is 0 Å². The molecule has 6 heteroatoms. The molecule has 1 unspecified atom stereocenters. The number of hydrogen-bond acceptors (Lipinski definition) is 4. The topological polar surface area (TPSA) is 105 Å². The van der Waals surface area contributed by atoms with Crippen LogP contribution in [0.3, 0.4) is 0 Å². The van der Waals surface area contributed by atoms with Crippen molar-refractivity contribution >= 4 is 17.7 Å². The molecule has 1 amide bonds. The monoisotopic (exact) mass is 247 g/mol. The number of pyridine rings is 1. The van der Waals surface area contributed by atoms with Gasteiger partial charge in [-0.1, -0.05) is 0 Å². The van der Waals surface area contributed by atoms with Gasteiger partial charge in [0.2, 0.25) is 0 Å². The predicted molar refractivity (Wildman–Crippen MR) is 66.0 cm³/mol. The van der Waals surface area contributed by atoms with E-state index in [-0.39, 0.29) is 17.8 Å². The van der Waals surface area contributed by atoms with Crippen LogP contribution in [-0.2, 0) is 4.79 Å². The highest BCUT2D eigenvalue weighted by Crippen LogP contribution is 2.17. The summed E-state index contributed by atoms with van der Waals surface area (Å²) in [4.78, 5) is 26.2. The van der Waals surface area contributed by atoms with Gasteiger partial charge in [-0.05, 0) is 18.6 Å². The molecule has 1 rings (SSSR count). The van der Waals surface area contributed by atoms with Gasteiger partial charge in [0, 0.05) is 12.6 Å².